The fraction of sp³-hybridized carbons (Fsp3) is 0.786. The van der Waals surface area contributed by atoms with E-state index < -0.39 is 30.3 Å². The molecule has 20 heavy (non-hydrogen) atoms. The van der Waals surface area contributed by atoms with Gasteiger partial charge in [-0.1, -0.05) is 12.2 Å². The van der Waals surface area contributed by atoms with Crippen LogP contribution in [-0.4, -0.2) is 29.0 Å². The molecule has 1 saturated carbocycles. The third kappa shape index (κ3) is 3.00. The Bertz CT molecular complexity index is 414. The number of halogens is 3. The predicted molar refractivity (Wildman–Crippen MR) is 65.7 cm³/mol. The van der Waals surface area contributed by atoms with Gasteiger partial charge in [-0.3, -0.25) is 4.79 Å². The highest BCUT2D eigenvalue weighted by Crippen LogP contribution is 2.44. The van der Waals surface area contributed by atoms with E-state index in [0.717, 1.165) is 6.42 Å². The number of rotatable bonds is 4. The molecule has 6 heteroatoms. The summed E-state index contributed by atoms with van der Waals surface area (Å²) in [4.78, 5) is 12.0. The SMILES string of the molecule is CC(CC(C)(O)C(F)(F)F)OC(=O)C1CC2C=CC1C2. The Morgan fingerprint density at radius 2 is 2.05 bits per heavy atom. The molecule has 2 aliphatic carbocycles. The molecule has 114 valence electrons. The van der Waals surface area contributed by atoms with Crippen LogP contribution in [0, 0.1) is 17.8 Å². The number of carbonyl (C=O) groups is 1. The Morgan fingerprint density at radius 1 is 1.40 bits per heavy atom. The van der Waals surface area contributed by atoms with Crippen molar-refractivity contribution in [1.29, 1.82) is 0 Å². The maximum absolute atomic E-state index is 12.6. The zero-order chi connectivity index (χ0) is 15.1. The molecule has 2 rings (SSSR count). The van der Waals surface area contributed by atoms with Crippen LogP contribution in [0.25, 0.3) is 0 Å². The van der Waals surface area contributed by atoms with Crippen LogP contribution in [-0.2, 0) is 9.53 Å². The zero-order valence-corrected chi connectivity index (χ0v) is 11.5. The number of alkyl halides is 3. The summed E-state index contributed by atoms with van der Waals surface area (Å²) >= 11 is 0. The number of fused-ring (bicyclic) bond motifs is 2. The molecule has 1 N–H and O–H groups in total. The average molecular weight is 292 g/mol. The minimum atomic E-state index is -4.73. The molecular weight excluding hydrogens is 273 g/mol. The molecule has 0 aromatic heterocycles. The number of hydrogen-bond donors (Lipinski definition) is 1. The molecule has 5 unspecified atom stereocenters. The Balaban J connectivity index is 1.87. The van der Waals surface area contributed by atoms with Crippen molar-refractivity contribution >= 4 is 5.97 Å². The summed E-state index contributed by atoms with van der Waals surface area (Å²) in [5, 5.41) is 9.38. The summed E-state index contributed by atoms with van der Waals surface area (Å²) in [6.45, 7) is 2.07. The van der Waals surface area contributed by atoms with E-state index in [-0.39, 0.29) is 11.8 Å². The van der Waals surface area contributed by atoms with E-state index >= 15 is 0 Å². The van der Waals surface area contributed by atoms with E-state index in [0.29, 0.717) is 19.3 Å². The van der Waals surface area contributed by atoms with Gasteiger partial charge in [0.2, 0.25) is 0 Å². The normalized spacial score (nSPS) is 33.0. The Labute approximate surface area is 115 Å². The van der Waals surface area contributed by atoms with Crippen LogP contribution < -0.4 is 0 Å². The molecule has 2 aliphatic rings. The van der Waals surface area contributed by atoms with Crippen LogP contribution in [0.5, 0.6) is 0 Å². The first-order chi connectivity index (χ1) is 9.10. The van der Waals surface area contributed by atoms with Gasteiger partial charge in [0, 0.05) is 6.42 Å². The second-order valence-corrected chi connectivity index (χ2v) is 6.11. The summed E-state index contributed by atoms with van der Waals surface area (Å²) in [5.74, 6) is -0.149. The van der Waals surface area contributed by atoms with E-state index in [1.165, 1.54) is 6.92 Å². The van der Waals surface area contributed by atoms with E-state index in [9.17, 15) is 23.1 Å². The third-order valence-electron chi connectivity index (χ3n) is 4.19. The van der Waals surface area contributed by atoms with Crippen LogP contribution in [0.2, 0.25) is 0 Å². The molecule has 5 atom stereocenters. The van der Waals surface area contributed by atoms with Crippen molar-refractivity contribution < 1.29 is 27.8 Å². The molecule has 0 aromatic carbocycles. The van der Waals surface area contributed by atoms with Gasteiger partial charge in [0.05, 0.1) is 5.92 Å². The lowest BCUT2D eigenvalue weighted by Gasteiger charge is -2.29. The second kappa shape index (κ2) is 5.06. The maximum Gasteiger partial charge on any atom is 0.417 e. The quantitative estimate of drug-likeness (QED) is 0.640. The van der Waals surface area contributed by atoms with Gasteiger partial charge < -0.3 is 9.84 Å². The highest BCUT2D eigenvalue weighted by atomic mass is 19.4. The molecule has 0 heterocycles. The minimum absolute atomic E-state index is 0.155. The third-order valence-corrected chi connectivity index (χ3v) is 4.19. The molecule has 0 aromatic rings. The number of hydrogen-bond acceptors (Lipinski definition) is 3. The first-order valence-electron chi connectivity index (χ1n) is 6.78. The Hall–Kier alpha value is -1.04. The summed E-state index contributed by atoms with van der Waals surface area (Å²) < 4.78 is 42.7. The lowest BCUT2D eigenvalue weighted by molar-refractivity contribution is -0.261. The molecule has 1 fully saturated rings. The van der Waals surface area contributed by atoms with E-state index in [1.54, 1.807) is 0 Å². The Kier molecular flexibility index (Phi) is 3.88. The summed E-state index contributed by atoms with van der Waals surface area (Å²) in [6.07, 6.45) is -0.663. The lowest BCUT2D eigenvalue weighted by Crippen LogP contribution is -2.45. The molecule has 0 amide bonds. The fourth-order valence-electron chi connectivity index (χ4n) is 3.05. The van der Waals surface area contributed by atoms with Gasteiger partial charge in [0.25, 0.3) is 0 Å². The van der Waals surface area contributed by atoms with Gasteiger partial charge in [-0.15, -0.1) is 0 Å². The van der Waals surface area contributed by atoms with Gasteiger partial charge in [-0.25, -0.2) is 0 Å². The monoisotopic (exact) mass is 292 g/mol. The number of allylic oxidation sites excluding steroid dienone is 2. The summed E-state index contributed by atoms with van der Waals surface area (Å²) in [5.41, 5.74) is -2.85. The molecule has 0 saturated heterocycles. The van der Waals surface area contributed by atoms with E-state index in [1.807, 2.05) is 6.08 Å². The van der Waals surface area contributed by atoms with Crippen molar-refractivity contribution in [2.75, 3.05) is 0 Å². The van der Waals surface area contributed by atoms with E-state index in [4.69, 9.17) is 4.74 Å². The van der Waals surface area contributed by atoms with Gasteiger partial charge in [0.1, 0.15) is 6.10 Å². The van der Waals surface area contributed by atoms with Crippen LogP contribution in [0.3, 0.4) is 0 Å². The maximum atomic E-state index is 12.6. The fourth-order valence-corrected chi connectivity index (χ4v) is 3.05. The van der Waals surface area contributed by atoms with Crippen molar-refractivity contribution in [2.45, 2.75) is 51.0 Å². The summed E-state index contributed by atoms with van der Waals surface area (Å²) in [6, 6.07) is 0. The van der Waals surface area contributed by atoms with Crippen molar-refractivity contribution in [1.82, 2.24) is 0 Å². The van der Waals surface area contributed by atoms with Crippen LogP contribution in [0.15, 0.2) is 12.2 Å². The van der Waals surface area contributed by atoms with Crippen molar-refractivity contribution in [2.24, 2.45) is 17.8 Å². The van der Waals surface area contributed by atoms with Gasteiger partial charge >= 0.3 is 12.1 Å². The molecule has 2 bridgehead atoms. The highest BCUT2D eigenvalue weighted by molar-refractivity contribution is 5.74. The van der Waals surface area contributed by atoms with Crippen molar-refractivity contribution in [3.8, 4) is 0 Å². The Morgan fingerprint density at radius 3 is 2.50 bits per heavy atom. The van der Waals surface area contributed by atoms with Crippen LogP contribution >= 0.6 is 0 Å². The van der Waals surface area contributed by atoms with Gasteiger partial charge in [-0.2, -0.15) is 13.2 Å². The lowest BCUT2D eigenvalue weighted by atomic mass is 9.93. The topological polar surface area (TPSA) is 46.5 Å². The molecule has 0 spiro atoms. The number of esters is 1. The standard InChI is InChI=1S/C14H19F3O3/c1-8(7-13(2,19)14(15,16)17)20-12(18)11-6-9-3-4-10(11)5-9/h3-4,8-11,19H,5-7H2,1-2H3. The highest BCUT2D eigenvalue weighted by Gasteiger charge is 2.51. The van der Waals surface area contributed by atoms with Crippen LogP contribution in [0.1, 0.15) is 33.1 Å². The smallest absolute Gasteiger partial charge is 0.417 e. The van der Waals surface area contributed by atoms with E-state index in [2.05, 4.69) is 6.08 Å². The molecule has 0 radical (unpaired) electrons. The van der Waals surface area contributed by atoms with Gasteiger partial charge in [-0.05, 0) is 38.5 Å². The predicted octanol–water partition coefficient (Wildman–Crippen LogP) is 2.83. The summed E-state index contributed by atoms with van der Waals surface area (Å²) in [7, 11) is 0. The largest absolute Gasteiger partial charge is 0.462 e. The van der Waals surface area contributed by atoms with Gasteiger partial charge in [0.15, 0.2) is 5.60 Å². The van der Waals surface area contributed by atoms with Crippen molar-refractivity contribution in [3.63, 3.8) is 0 Å². The number of carbonyl (C=O) groups excluding carboxylic acids is 1. The first kappa shape index (κ1) is 15.4. The van der Waals surface area contributed by atoms with Crippen LogP contribution in [0.4, 0.5) is 13.2 Å². The average Bonchev–Trinajstić information content (AvgIpc) is 2.87. The molecular formula is C14H19F3O3. The zero-order valence-electron chi connectivity index (χ0n) is 11.5. The number of ether oxygens (including phenoxy) is 1. The minimum Gasteiger partial charge on any atom is -0.462 e. The molecule has 3 nitrogen and oxygen atoms in total. The molecule has 0 aliphatic heterocycles. The second-order valence-electron chi connectivity index (χ2n) is 6.11. The van der Waals surface area contributed by atoms with Crippen molar-refractivity contribution in [3.05, 3.63) is 12.2 Å². The number of aliphatic hydroxyl groups is 1. The first-order valence-corrected chi connectivity index (χ1v) is 6.78.